The Morgan fingerprint density at radius 3 is 2.12 bits per heavy atom. The largest absolute Gasteiger partial charge is 0.619 e. The maximum atomic E-state index is 11.7. The molecule has 1 heterocycles. The molecule has 6 heteroatoms. The number of rotatable bonds is 1. The summed E-state index contributed by atoms with van der Waals surface area (Å²) >= 11 is 11.6. The summed E-state index contributed by atoms with van der Waals surface area (Å²) in [6.07, 6.45) is 2.26. The van der Waals surface area contributed by atoms with Crippen molar-refractivity contribution in [3.63, 3.8) is 0 Å². The molecule has 0 atom stereocenters. The van der Waals surface area contributed by atoms with Gasteiger partial charge in [-0.1, -0.05) is 44.0 Å². The molecule has 1 aromatic heterocycles. The van der Waals surface area contributed by atoms with E-state index in [0.717, 1.165) is 12.4 Å². The molecule has 0 saturated heterocycles. The van der Waals surface area contributed by atoms with Gasteiger partial charge in [0.2, 0.25) is 18.3 Å². The Hall–Kier alpha value is -1.00. The van der Waals surface area contributed by atoms with Gasteiger partial charge in [-0.2, -0.15) is 4.73 Å². The first-order valence-corrected chi connectivity index (χ1v) is 5.36. The highest BCUT2D eigenvalue weighted by molar-refractivity contribution is 6.39. The first-order valence-electron chi connectivity index (χ1n) is 4.61. The van der Waals surface area contributed by atoms with Gasteiger partial charge < -0.3 is 10.5 Å². The predicted molar refractivity (Wildman–Crippen MR) is 63.5 cm³/mol. The molecule has 1 rings (SSSR count). The smallest absolute Gasteiger partial charge is 0.229 e. The van der Waals surface area contributed by atoms with Gasteiger partial charge in [-0.25, -0.2) is 0 Å². The second-order valence-electron chi connectivity index (χ2n) is 4.39. The third-order valence-electron chi connectivity index (χ3n) is 1.88. The quantitative estimate of drug-likeness (QED) is 0.625. The van der Waals surface area contributed by atoms with Crippen molar-refractivity contribution >= 4 is 34.8 Å². The third kappa shape index (κ3) is 3.00. The highest BCUT2D eigenvalue weighted by atomic mass is 35.5. The fraction of sp³-hybridized carbons (Fsp3) is 0.400. The van der Waals surface area contributed by atoms with Crippen LogP contribution in [0.4, 0.5) is 5.69 Å². The number of nitrogens with zero attached hydrogens (tertiary/aromatic N) is 1. The molecule has 4 nitrogen and oxygen atoms in total. The van der Waals surface area contributed by atoms with Crippen molar-refractivity contribution in [1.82, 2.24) is 0 Å². The molecule has 0 saturated carbocycles. The average molecular weight is 263 g/mol. The summed E-state index contributed by atoms with van der Waals surface area (Å²) in [7, 11) is 0. The monoisotopic (exact) mass is 262 g/mol. The summed E-state index contributed by atoms with van der Waals surface area (Å²) in [5, 5.41) is 13.8. The van der Waals surface area contributed by atoms with Crippen LogP contribution < -0.4 is 10.0 Å². The van der Waals surface area contributed by atoms with Gasteiger partial charge in [0.1, 0.15) is 10.0 Å². The number of amides is 1. The van der Waals surface area contributed by atoms with E-state index in [4.69, 9.17) is 23.2 Å². The van der Waals surface area contributed by atoms with Gasteiger partial charge in [0.05, 0.1) is 5.69 Å². The normalized spacial score (nSPS) is 11.3. The van der Waals surface area contributed by atoms with Gasteiger partial charge in [-0.3, -0.25) is 4.79 Å². The van der Waals surface area contributed by atoms with Crippen LogP contribution in [0.3, 0.4) is 0 Å². The van der Waals surface area contributed by atoms with Crippen molar-refractivity contribution in [2.75, 3.05) is 5.32 Å². The van der Waals surface area contributed by atoms with Crippen LogP contribution in [0.1, 0.15) is 20.8 Å². The highest BCUT2D eigenvalue weighted by Gasteiger charge is 2.23. The van der Waals surface area contributed by atoms with Crippen LogP contribution in [0.5, 0.6) is 0 Å². The minimum Gasteiger partial charge on any atom is -0.619 e. The van der Waals surface area contributed by atoms with E-state index in [-0.39, 0.29) is 21.6 Å². The topological polar surface area (TPSA) is 56.0 Å². The molecular formula is C10H12Cl2N2O2. The van der Waals surface area contributed by atoms with E-state index in [1.165, 1.54) is 0 Å². The van der Waals surface area contributed by atoms with Crippen LogP contribution in [-0.4, -0.2) is 5.91 Å². The van der Waals surface area contributed by atoms with E-state index >= 15 is 0 Å². The second kappa shape index (κ2) is 4.47. The van der Waals surface area contributed by atoms with Crippen molar-refractivity contribution in [3.8, 4) is 0 Å². The zero-order valence-corrected chi connectivity index (χ0v) is 10.7. The van der Waals surface area contributed by atoms with Crippen LogP contribution in [0, 0.1) is 10.6 Å². The van der Waals surface area contributed by atoms with Gasteiger partial charge in [0.25, 0.3) is 0 Å². The maximum Gasteiger partial charge on any atom is 0.229 e. The first-order chi connectivity index (χ1) is 7.21. The van der Waals surface area contributed by atoms with Gasteiger partial charge >= 0.3 is 0 Å². The summed E-state index contributed by atoms with van der Waals surface area (Å²) < 4.78 is 0.484. The minimum absolute atomic E-state index is 0.111. The molecule has 16 heavy (non-hydrogen) atoms. The number of hydrogen-bond acceptors (Lipinski definition) is 2. The number of anilines is 1. The lowest BCUT2D eigenvalue weighted by atomic mass is 9.95. The van der Waals surface area contributed by atoms with E-state index < -0.39 is 5.41 Å². The molecular weight excluding hydrogens is 251 g/mol. The van der Waals surface area contributed by atoms with E-state index in [2.05, 4.69) is 5.32 Å². The van der Waals surface area contributed by atoms with Gasteiger partial charge in [0.15, 0.2) is 0 Å². The van der Waals surface area contributed by atoms with E-state index in [1.54, 1.807) is 20.8 Å². The standard InChI is InChI=1S/C10H12Cl2N2O2/c1-10(2,3)9(15)13-8-6(11)4-14(16)5-7(8)12/h4-5H,1-3H3,(H,13,15). The zero-order valence-electron chi connectivity index (χ0n) is 9.17. The van der Waals surface area contributed by atoms with Crippen LogP contribution in [0.15, 0.2) is 12.4 Å². The predicted octanol–water partition coefficient (Wildman–Crippen LogP) is 2.61. The molecule has 0 spiro atoms. The zero-order chi connectivity index (χ0) is 12.5. The fourth-order valence-electron chi connectivity index (χ4n) is 0.924. The molecule has 1 amide bonds. The van der Waals surface area contributed by atoms with Crippen molar-refractivity contribution in [3.05, 3.63) is 27.6 Å². The summed E-state index contributed by atoms with van der Waals surface area (Å²) in [5.74, 6) is -0.222. The lowest BCUT2D eigenvalue weighted by Gasteiger charge is -2.18. The Kier molecular flexibility index (Phi) is 3.65. The molecule has 0 aliphatic heterocycles. The minimum atomic E-state index is -0.560. The Labute approximate surface area is 104 Å². The molecule has 88 valence electrons. The number of nitrogens with one attached hydrogen (secondary N) is 1. The van der Waals surface area contributed by atoms with Crippen molar-refractivity contribution < 1.29 is 9.52 Å². The van der Waals surface area contributed by atoms with Gasteiger partial charge in [-0.05, 0) is 0 Å². The van der Waals surface area contributed by atoms with Crippen molar-refractivity contribution in [2.45, 2.75) is 20.8 Å². The highest BCUT2D eigenvalue weighted by Crippen LogP contribution is 2.29. The molecule has 0 fully saturated rings. The Bertz CT molecular complexity index is 404. The number of hydrogen-bond donors (Lipinski definition) is 1. The van der Waals surface area contributed by atoms with Gasteiger partial charge in [-0.15, -0.1) is 0 Å². The summed E-state index contributed by atoms with van der Waals surface area (Å²) in [5.41, 5.74) is -0.300. The molecule has 1 aromatic rings. The van der Waals surface area contributed by atoms with E-state index in [9.17, 15) is 10.0 Å². The molecule has 0 aromatic carbocycles. The number of pyridine rings is 1. The maximum absolute atomic E-state index is 11.7. The molecule has 0 unspecified atom stereocenters. The summed E-state index contributed by atoms with van der Waals surface area (Å²) in [6, 6.07) is 0. The molecule has 0 aliphatic rings. The van der Waals surface area contributed by atoms with E-state index in [1.807, 2.05) is 0 Å². The lowest BCUT2D eigenvalue weighted by Crippen LogP contribution is -2.30. The number of aromatic nitrogens is 1. The molecule has 0 aliphatic carbocycles. The summed E-state index contributed by atoms with van der Waals surface area (Å²) in [4.78, 5) is 11.7. The Morgan fingerprint density at radius 1 is 1.31 bits per heavy atom. The average Bonchev–Trinajstić information content (AvgIpc) is 2.08. The number of halogens is 2. The fourth-order valence-corrected chi connectivity index (χ4v) is 1.46. The Morgan fingerprint density at radius 2 is 1.75 bits per heavy atom. The van der Waals surface area contributed by atoms with Crippen LogP contribution in [0.2, 0.25) is 10.0 Å². The molecule has 1 N–H and O–H groups in total. The Balaban J connectivity index is 3.03. The summed E-state index contributed by atoms with van der Waals surface area (Å²) in [6.45, 7) is 5.29. The second-order valence-corrected chi connectivity index (χ2v) is 5.21. The van der Waals surface area contributed by atoms with Gasteiger partial charge in [0, 0.05) is 5.41 Å². The van der Waals surface area contributed by atoms with Crippen LogP contribution in [-0.2, 0) is 4.79 Å². The van der Waals surface area contributed by atoms with E-state index in [0.29, 0.717) is 4.73 Å². The van der Waals surface area contributed by atoms with Crippen LogP contribution in [0.25, 0.3) is 0 Å². The van der Waals surface area contributed by atoms with Crippen molar-refractivity contribution in [2.24, 2.45) is 5.41 Å². The first kappa shape index (κ1) is 13.1. The third-order valence-corrected chi connectivity index (χ3v) is 2.45. The molecule has 0 radical (unpaired) electrons. The van der Waals surface area contributed by atoms with Crippen molar-refractivity contribution in [1.29, 1.82) is 0 Å². The lowest BCUT2D eigenvalue weighted by molar-refractivity contribution is -0.605. The SMILES string of the molecule is CC(C)(C)C(=O)Nc1c(Cl)c[n+]([O-])cc1Cl. The number of carbonyl (C=O) groups excluding carboxylic acids is 1. The number of carbonyl (C=O) groups is 1. The van der Waals surface area contributed by atoms with Crippen LogP contribution >= 0.6 is 23.2 Å². The molecule has 0 bridgehead atoms.